The Morgan fingerprint density at radius 3 is 2.40 bits per heavy atom. The summed E-state index contributed by atoms with van der Waals surface area (Å²) in [6.07, 6.45) is 1.72. The van der Waals surface area contributed by atoms with Crippen LogP contribution in [-0.4, -0.2) is 4.98 Å². The van der Waals surface area contributed by atoms with E-state index in [9.17, 15) is 0 Å². The van der Waals surface area contributed by atoms with Crippen LogP contribution in [0.5, 0.6) is 0 Å². The molecule has 3 heteroatoms. The Labute approximate surface area is 81.0 Å². The zero-order valence-electron chi connectivity index (χ0n) is 6.39. The molecule has 0 saturated heterocycles. The Kier molecular flexibility index (Phi) is 3.85. The van der Waals surface area contributed by atoms with Crippen LogP contribution in [0.25, 0.3) is 0 Å². The first kappa shape index (κ1) is 9.87. The molecular formula is C7H10CdN2. The normalized spacial score (nSPS) is 8.60. The third-order valence-electron chi connectivity index (χ3n) is 1.51. The number of pyridine rings is 1. The van der Waals surface area contributed by atoms with Crippen LogP contribution in [-0.2, 0) is 27.3 Å². The molecule has 0 bridgehead atoms. The Balaban J connectivity index is 0.000000810. The van der Waals surface area contributed by atoms with Crippen molar-refractivity contribution in [2.75, 3.05) is 5.73 Å². The van der Waals surface area contributed by atoms with Crippen molar-refractivity contribution in [3.05, 3.63) is 23.4 Å². The van der Waals surface area contributed by atoms with Crippen LogP contribution < -0.4 is 5.73 Å². The Bertz CT molecular complexity index is 203. The van der Waals surface area contributed by atoms with Crippen molar-refractivity contribution in [2.45, 2.75) is 13.8 Å². The number of hydrogen-bond donors (Lipinski definition) is 1. The number of nitrogens with two attached hydrogens (primary N) is 1. The second-order valence-electron chi connectivity index (χ2n) is 2.14. The van der Waals surface area contributed by atoms with Gasteiger partial charge in [-0.15, -0.1) is 0 Å². The van der Waals surface area contributed by atoms with E-state index < -0.39 is 0 Å². The van der Waals surface area contributed by atoms with Crippen molar-refractivity contribution in [1.82, 2.24) is 4.98 Å². The van der Waals surface area contributed by atoms with E-state index in [1.165, 1.54) is 5.56 Å². The summed E-state index contributed by atoms with van der Waals surface area (Å²) in [4.78, 5) is 3.92. The fourth-order valence-electron chi connectivity index (χ4n) is 0.653. The summed E-state index contributed by atoms with van der Waals surface area (Å²) in [6, 6.07) is 1.95. The van der Waals surface area contributed by atoms with E-state index in [0.717, 1.165) is 5.56 Å². The van der Waals surface area contributed by atoms with E-state index >= 15 is 0 Å². The zero-order chi connectivity index (χ0) is 6.85. The second kappa shape index (κ2) is 3.90. The number of aryl methyl sites for hydroxylation is 1. The first-order valence-electron chi connectivity index (χ1n) is 2.89. The van der Waals surface area contributed by atoms with Gasteiger partial charge in [0.15, 0.2) is 0 Å². The predicted molar refractivity (Wildman–Crippen MR) is 38.1 cm³/mol. The van der Waals surface area contributed by atoms with Crippen LogP contribution in [0.3, 0.4) is 0 Å². The standard InChI is InChI=1S/C7H10N2.Cd/c1-5-3-4-9-7(8)6(5)2;/h3-4H,1-2H3,(H2,8,9);. The van der Waals surface area contributed by atoms with Gasteiger partial charge in [0, 0.05) is 33.5 Å². The van der Waals surface area contributed by atoms with Gasteiger partial charge in [-0.25, -0.2) is 4.98 Å². The van der Waals surface area contributed by atoms with Crippen LogP contribution in [0.15, 0.2) is 12.3 Å². The minimum Gasteiger partial charge on any atom is -0.383 e. The van der Waals surface area contributed by atoms with Gasteiger partial charge in [-0.05, 0) is 31.0 Å². The maximum absolute atomic E-state index is 5.51. The van der Waals surface area contributed by atoms with Gasteiger partial charge in [0.2, 0.25) is 0 Å². The third-order valence-corrected chi connectivity index (χ3v) is 1.51. The van der Waals surface area contributed by atoms with Crippen LogP contribution >= 0.6 is 0 Å². The monoisotopic (exact) mass is 236 g/mol. The molecule has 0 fully saturated rings. The molecule has 1 aromatic rings. The van der Waals surface area contributed by atoms with Crippen molar-refractivity contribution >= 4 is 5.82 Å². The first-order chi connectivity index (χ1) is 4.22. The van der Waals surface area contributed by atoms with Crippen molar-refractivity contribution in [3.63, 3.8) is 0 Å². The largest absolute Gasteiger partial charge is 0.383 e. The Morgan fingerprint density at radius 2 is 2.00 bits per heavy atom. The van der Waals surface area contributed by atoms with E-state index in [4.69, 9.17) is 5.73 Å². The molecule has 50 valence electrons. The molecule has 1 rings (SSSR count). The summed E-state index contributed by atoms with van der Waals surface area (Å²) in [6.45, 7) is 3.99. The van der Waals surface area contributed by atoms with Crippen LogP contribution in [0.4, 0.5) is 5.82 Å². The Morgan fingerprint density at radius 1 is 1.40 bits per heavy atom. The smallest absolute Gasteiger partial charge is 0.126 e. The third kappa shape index (κ3) is 1.93. The second-order valence-corrected chi connectivity index (χ2v) is 2.14. The molecule has 0 aliphatic carbocycles. The van der Waals surface area contributed by atoms with E-state index in [-0.39, 0.29) is 27.3 Å². The molecule has 0 aliphatic rings. The summed E-state index contributed by atoms with van der Waals surface area (Å²) < 4.78 is 0. The van der Waals surface area contributed by atoms with Gasteiger partial charge in [0.05, 0.1) is 0 Å². The molecule has 0 unspecified atom stereocenters. The van der Waals surface area contributed by atoms with Gasteiger partial charge >= 0.3 is 0 Å². The van der Waals surface area contributed by atoms with Gasteiger partial charge in [0.25, 0.3) is 0 Å². The SMILES string of the molecule is Cc1ccnc(N)c1C.[Cd]. The van der Waals surface area contributed by atoms with Gasteiger partial charge < -0.3 is 5.73 Å². The average molecular weight is 235 g/mol. The number of nitrogens with zero attached hydrogens (tertiary/aromatic N) is 1. The molecule has 0 aromatic carbocycles. The van der Waals surface area contributed by atoms with E-state index in [2.05, 4.69) is 4.98 Å². The average Bonchev–Trinajstić information content (AvgIpc) is 1.83. The fourth-order valence-corrected chi connectivity index (χ4v) is 0.653. The number of aromatic nitrogens is 1. The van der Waals surface area contributed by atoms with E-state index in [1.807, 2.05) is 19.9 Å². The zero-order valence-corrected chi connectivity index (χ0v) is 10.4. The van der Waals surface area contributed by atoms with Crippen molar-refractivity contribution in [3.8, 4) is 0 Å². The quantitative estimate of drug-likeness (QED) is 0.687. The molecule has 2 nitrogen and oxygen atoms in total. The van der Waals surface area contributed by atoms with E-state index in [0.29, 0.717) is 5.82 Å². The summed E-state index contributed by atoms with van der Waals surface area (Å²) in [5.74, 6) is 0.634. The van der Waals surface area contributed by atoms with Gasteiger partial charge in [0.1, 0.15) is 5.82 Å². The summed E-state index contributed by atoms with van der Waals surface area (Å²) in [5, 5.41) is 0. The first-order valence-corrected chi connectivity index (χ1v) is 2.89. The molecule has 0 spiro atoms. The number of rotatable bonds is 0. The van der Waals surface area contributed by atoms with Crippen LogP contribution in [0, 0.1) is 13.8 Å². The molecule has 1 aromatic heterocycles. The molecular weight excluding hydrogens is 225 g/mol. The fraction of sp³-hybridized carbons (Fsp3) is 0.286. The van der Waals surface area contributed by atoms with Crippen LogP contribution in [0.1, 0.15) is 11.1 Å². The van der Waals surface area contributed by atoms with Gasteiger partial charge in [-0.2, -0.15) is 0 Å². The van der Waals surface area contributed by atoms with Gasteiger partial charge in [-0.1, -0.05) is 0 Å². The van der Waals surface area contributed by atoms with Crippen molar-refractivity contribution in [1.29, 1.82) is 0 Å². The number of anilines is 1. The summed E-state index contributed by atoms with van der Waals surface area (Å²) in [7, 11) is 0. The summed E-state index contributed by atoms with van der Waals surface area (Å²) in [5.41, 5.74) is 7.79. The molecule has 0 radical (unpaired) electrons. The molecule has 0 saturated carbocycles. The number of nitrogen functional groups attached to an aromatic ring is 1. The molecule has 1 heterocycles. The molecule has 2 N–H and O–H groups in total. The summed E-state index contributed by atoms with van der Waals surface area (Å²) >= 11 is 0. The predicted octanol–water partition coefficient (Wildman–Crippen LogP) is 1.28. The van der Waals surface area contributed by atoms with Crippen LogP contribution in [0.2, 0.25) is 0 Å². The Hall–Kier alpha value is -0.128. The maximum Gasteiger partial charge on any atom is 0.126 e. The molecule has 0 atom stereocenters. The van der Waals surface area contributed by atoms with E-state index in [1.54, 1.807) is 6.20 Å². The molecule has 10 heavy (non-hydrogen) atoms. The van der Waals surface area contributed by atoms with Gasteiger partial charge in [-0.3, -0.25) is 0 Å². The minimum atomic E-state index is 0. The van der Waals surface area contributed by atoms with Crippen molar-refractivity contribution in [2.24, 2.45) is 0 Å². The number of hydrogen-bond acceptors (Lipinski definition) is 2. The minimum absolute atomic E-state index is 0. The van der Waals surface area contributed by atoms with Crippen molar-refractivity contribution < 1.29 is 27.3 Å². The maximum atomic E-state index is 5.51. The molecule has 0 amide bonds. The molecule has 0 aliphatic heterocycles. The topological polar surface area (TPSA) is 38.9 Å².